The number of primary amides is 1. The molecule has 0 aliphatic carbocycles. The van der Waals surface area contributed by atoms with E-state index in [0.717, 1.165) is 5.56 Å². The van der Waals surface area contributed by atoms with Gasteiger partial charge in [0, 0.05) is 51.2 Å². The molecule has 204 valence electrons. The number of nitrogens with zero attached hydrogens (tertiary/aromatic N) is 4. The number of carbonyl (C=O) groups excluding carboxylic acids is 3. The van der Waals surface area contributed by atoms with Gasteiger partial charge in [0.15, 0.2) is 6.29 Å². The molecule has 4 N–H and O–H groups in total. The number of anilines is 1. The van der Waals surface area contributed by atoms with Gasteiger partial charge in [0.05, 0.1) is 0 Å². The molecular weight excluding hydrogens is 514 g/mol. The molecule has 0 fully saturated rings. The monoisotopic (exact) mass is 545 g/mol. The summed E-state index contributed by atoms with van der Waals surface area (Å²) in [7, 11) is 3.31. The molecule has 0 aliphatic heterocycles. The normalized spacial score (nSPS) is 11.2. The number of halogens is 1. The largest absolute Gasteiger partial charge is 0.489 e. The maximum absolute atomic E-state index is 13.0. The van der Waals surface area contributed by atoms with Crippen molar-refractivity contribution in [3.63, 3.8) is 0 Å². The Labute approximate surface area is 226 Å². The Hall–Kier alpha value is -4.45. The molecule has 38 heavy (non-hydrogen) atoms. The SMILES string of the molecule is C=NO/C=C\COc1ccc(N(C)C(NC(=O)N(C)CCNC(N)=O)N(C=O)Cc2ccc(Cl)cc2)cc1. The third-order valence-electron chi connectivity index (χ3n) is 5.26. The Morgan fingerprint density at radius 1 is 1.16 bits per heavy atom. The number of nitrogens with two attached hydrogens (primary N) is 1. The van der Waals surface area contributed by atoms with Crippen molar-refractivity contribution in [3.05, 3.63) is 71.5 Å². The third-order valence-corrected chi connectivity index (χ3v) is 5.51. The minimum absolute atomic E-state index is 0.175. The van der Waals surface area contributed by atoms with Crippen LogP contribution in [0.4, 0.5) is 15.3 Å². The van der Waals surface area contributed by atoms with Crippen LogP contribution >= 0.6 is 11.6 Å². The first kappa shape index (κ1) is 29.8. The molecule has 13 heteroatoms. The van der Waals surface area contributed by atoms with E-state index in [-0.39, 0.29) is 26.2 Å². The second kappa shape index (κ2) is 15.6. The van der Waals surface area contributed by atoms with Crippen molar-refractivity contribution in [1.82, 2.24) is 20.4 Å². The van der Waals surface area contributed by atoms with E-state index < -0.39 is 18.4 Å². The van der Waals surface area contributed by atoms with Crippen LogP contribution in [0.15, 0.2) is 66.0 Å². The molecule has 1 atom stereocenters. The van der Waals surface area contributed by atoms with Gasteiger partial charge < -0.3 is 40.6 Å². The van der Waals surface area contributed by atoms with Crippen LogP contribution in [0.5, 0.6) is 5.75 Å². The van der Waals surface area contributed by atoms with Crippen molar-refractivity contribution >= 4 is 42.5 Å². The lowest BCUT2D eigenvalue weighted by atomic mass is 10.2. The second-order valence-corrected chi connectivity index (χ2v) is 8.40. The zero-order valence-electron chi connectivity index (χ0n) is 21.2. The summed E-state index contributed by atoms with van der Waals surface area (Å²) < 4.78 is 5.62. The Morgan fingerprint density at radius 2 is 1.84 bits per heavy atom. The number of nitrogens with one attached hydrogen (secondary N) is 2. The number of oxime groups is 1. The highest BCUT2D eigenvalue weighted by Crippen LogP contribution is 2.22. The lowest BCUT2D eigenvalue weighted by molar-refractivity contribution is -0.121. The van der Waals surface area contributed by atoms with Gasteiger partial charge in [-0.05, 0) is 48.0 Å². The van der Waals surface area contributed by atoms with Crippen molar-refractivity contribution in [2.24, 2.45) is 10.9 Å². The predicted octanol–water partition coefficient (Wildman–Crippen LogP) is 2.55. The van der Waals surface area contributed by atoms with Crippen molar-refractivity contribution in [3.8, 4) is 5.75 Å². The molecule has 0 heterocycles. The van der Waals surface area contributed by atoms with Crippen LogP contribution in [0.25, 0.3) is 0 Å². The number of amides is 5. The molecule has 0 spiro atoms. The number of ether oxygens (including phenoxy) is 1. The fourth-order valence-corrected chi connectivity index (χ4v) is 3.37. The molecule has 0 aliphatic rings. The summed E-state index contributed by atoms with van der Waals surface area (Å²) in [5.74, 6) is 0.606. The number of hydrogen-bond acceptors (Lipinski definition) is 7. The third kappa shape index (κ3) is 9.90. The number of carbonyl (C=O) groups is 3. The van der Waals surface area contributed by atoms with E-state index in [4.69, 9.17) is 22.1 Å². The standard InChI is InChI=1S/C25H32ClN7O5/c1-28-38-16-4-15-37-22-11-9-21(10-12-22)32(3)24(30-25(36)31(2)14-13-29-23(27)35)33(18-34)17-19-5-7-20(26)8-6-19/h4-12,16,18,24H,1,13-15,17H2,2-3H3,(H,30,36)(H3,27,29,35)/b16-4-. The smallest absolute Gasteiger partial charge is 0.320 e. The van der Waals surface area contributed by atoms with Crippen LogP contribution in [0, 0.1) is 0 Å². The van der Waals surface area contributed by atoms with E-state index in [2.05, 4.69) is 27.3 Å². The van der Waals surface area contributed by atoms with E-state index in [1.165, 1.54) is 16.1 Å². The summed E-state index contributed by atoms with van der Waals surface area (Å²) in [6, 6.07) is 13.0. The topological polar surface area (TPSA) is 142 Å². The summed E-state index contributed by atoms with van der Waals surface area (Å²) in [6.45, 7) is 4.05. The summed E-state index contributed by atoms with van der Waals surface area (Å²) in [5.41, 5.74) is 6.61. The number of urea groups is 2. The van der Waals surface area contributed by atoms with E-state index in [1.807, 2.05) is 0 Å². The zero-order chi connectivity index (χ0) is 27.9. The maximum Gasteiger partial charge on any atom is 0.320 e. The van der Waals surface area contributed by atoms with Gasteiger partial charge in [0.2, 0.25) is 6.41 Å². The lowest BCUT2D eigenvalue weighted by Crippen LogP contribution is -2.59. The minimum Gasteiger partial charge on any atom is -0.489 e. The lowest BCUT2D eigenvalue weighted by Gasteiger charge is -2.38. The summed E-state index contributed by atoms with van der Waals surface area (Å²) in [4.78, 5) is 45.3. The highest BCUT2D eigenvalue weighted by molar-refractivity contribution is 6.30. The Bertz CT molecular complexity index is 1080. The van der Waals surface area contributed by atoms with Crippen LogP contribution in [0.2, 0.25) is 5.02 Å². The first-order chi connectivity index (χ1) is 18.2. The first-order valence-electron chi connectivity index (χ1n) is 11.5. The molecule has 0 aromatic heterocycles. The van der Waals surface area contributed by atoms with Crippen LogP contribution in [0.1, 0.15) is 5.56 Å². The first-order valence-corrected chi connectivity index (χ1v) is 11.9. The van der Waals surface area contributed by atoms with Crippen LogP contribution < -0.4 is 26.0 Å². The van der Waals surface area contributed by atoms with Gasteiger partial charge in [-0.1, -0.05) is 28.9 Å². The Kier molecular flexibility index (Phi) is 12.2. The van der Waals surface area contributed by atoms with Crippen LogP contribution in [-0.2, 0) is 16.2 Å². The number of likely N-dealkylation sites (N-methyl/N-ethyl adjacent to an activating group) is 1. The van der Waals surface area contributed by atoms with Crippen LogP contribution in [0.3, 0.4) is 0 Å². The molecule has 0 saturated heterocycles. The number of rotatable bonds is 15. The van der Waals surface area contributed by atoms with Gasteiger partial charge in [0.25, 0.3) is 0 Å². The van der Waals surface area contributed by atoms with Crippen molar-refractivity contribution in [2.45, 2.75) is 12.8 Å². The Balaban J connectivity index is 2.20. The van der Waals surface area contributed by atoms with Gasteiger partial charge in [-0.2, -0.15) is 0 Å². The van der Waals surface area contributed by atoms with E-state index >= 15 is 0 Å². The molecule has 2 rings (SSSR count). The second-order valence-electron chi connectivity index (χ2n) is 7.96. The van der Waals surface area contributed by atoms with E-state index in [0.29, 0.717) is 22.9 Å². The average Bonchev–Trinajstić information content (AvgIpc) is 2.91. The quantitative estimate of drug-likeness (QED) is 0.103. The summed E-state index contributed by atoms with van der Waals surface area (Å²) >= 11 is 5.99. The van der Waals surface area contributed by atoms with Gasteiger partial charge in [-0.3, -0.25) is 4.79 Å². The van der Waals surface area contributed by atoms with Gasteiger partial charge in [-0.25, -0.2) is 9.59 Å². The Morgan fingerprint density at radius 3 is 2.45 bits per heavy atom. The molecule has 2 aromatic carbocycles. The van der Waals surface area contributed by atoms with E-state index in [1.54, 1.807) is 73.6 Å². The molecule has 0 bridgehead atoms. The fraction of sp³-hybridized carbons (Fsp3) is 0.280. The number of hydrogen-bond donors (Lipinski definition) is 3. The molecular formula is C25H32ClN7O5. The minimum atomic E-state index is -0.861. The van der Waals surface area contributed by atoms with Crippen molar-refractivity contribution in [2.75, 3.05) is 38.7 Å². The molecule has 5 amide bonds. The molecule has 12 nitrogen and oxygen atoms in total. The van der Waals surface area contributed by atoms with Crippen LogP contribution in [-0.4, -0.2) is 75.1 Å². The number of benzene rings is 2. The molecule has 0 saturated carbocycles. The highest BCUT2D eigenvalue weighted by atomic mass is 35.5. The molecule has 2 aromatic rings. The summed E-state index contributed by atoms with van der Waals surface area (Å²) in [6.07, 6.45) is 2.79. The van der Waals surface area contributed by atoms with Gasteiger partial charge in [-0.15, -0.1) is 0 Å². The average molecular weight is 546 g/mol. The predicted molar refractivity (Wildman–Crippen MR) is 146 cm³/mol. The van der Waals surface area contributed by atoms with Crippen molar-refractivity contribution < 1.29 is 24.0 Å². The zero-order valence-corrected chi connectivity index (χ0v) is 22.0. The van der Waals surface area contributed by atoms with E-state index in [9.17, 15) is 14.4 Å². The summed E-state index contributed by atoms with van der Waals surface area (Å²) in [5, 5.41) is 9.12. The van der Waals surface area contributed by atoms with Gasteiger partial charge >= 0.3 is 12.1 Å². The van der Waals surface area contributed by atoms with Gasteiger partial charge in [0.1, 0.15) is 18.6 Å². The molecule has 0 radical (unpaired) electrons. The maximum atomic E-state index is 13.0. The molecule has 1 unspecified atom stereocenters. The fourth-order valence-electron chi connectivity index (χ4n) is 3.24. The highest BCUT2D eigenvalue weighted by Gasteiger charge is 2.26. The van der Waals surface area contributed by atoms with Crippen molar-refractivity contribution in [1.29, 1.82) is 0 Å².